The molecule has 0 aliphatic heterocycles. The SMILES string of the molecule is CC.Cc1ccc(OC2=C(C=O)C=CCC2)cn1. The number of hydrogen-bond donors (Lipinski definition) is 0. The summed E-state index contributed by atoms with van der Waals surface area (Å²) >= 11 is 0. The van der Waals surface area contributed by atoms with Gasteiger partial charge in [0, 0.05) is 12.1 Å². The molecular weight excluding hydrogens is 226 g/mol. The van der Waals surface area contributed by atoms with Crippen LogP contribution in [0.25, 0.3) is 0 Å². The molecule has 0 saturated heterocycles. The summed E-state index contributed by atoms with van der Waals surface area (Å²) in [5, 5.41) is 0. The molecule has 0 atom stereocenters. The highest BCUT2D eigenvalue weighted by atomic mass is 16.5. The molecule has 0 saturated carbocycles. The molecule has 0 radical (unpaired) electrons. The van der Waals surface area contributed by atoms with Crippen molar-refractivity contribution >= 4 is 6.29 Å². The van der Waals surface area contributed by atoms with Crippen molar-refractivity contribution in [3.05, 3.63) is 47.5 Å². The molecule has 2 rings (SSSR count). The van der Waals surface area contributed by atoms with E-state index in [1.165, 1.54) is 0 Å². The highest BCUT2D eigenvalue weighted by Gasteiger charge is 2.10. The molecule has 1 aliphatic rings. The maximum absolute atomic E-state index is 10.8. The third-order valence-electron chi connectivity index (χ3n) is 2.41. The summed E-state index contributed by atoms with van der Waals surface area (Å²) in [4.78, 5) is 15.0. The van der Waals surface area contributed by atoms with Gasteiger partial charge in [0.05, 0.1) is 11.8 Å². The molecule has 0 fully saturated rings. The molecule has 1 aromatic heterocycles. The van der Waals surface area contributed by atoms with Crippen molar-refractivity contribution in [2.45, 2.75) is 33.6 Å². The van der Waals surface area contributed by atoms with Crippen LogP contribution in [0.15, 0.2) is 41.8 Å². The van der Waals surface area contributed by atoms with Crippen molar-refractivity contribution in [1.29, 1.82) is 0 Å². The van der Waals surface area contributed by atoms with E-state index in [4.69, 9.17) is 4.74 Å². The second-order valence-electron chi connectivity index (χ2n) is 3.67. The van der Waals surface area contributed by atoms with Crippen molar-refractivity contribution < 1.29 is 9.53 Å². The van der Waals surface area contributed by atoms with Gasteiger partial charge in [-0.05, 0) is 25.5 Å². The van der Waals surface area contributed by atoms with Crippen LogP contribution in [0.1, 0.15) is 32.4 Å². The maximum atomic E-state index is 10.8. The summed E-state index contributed by atoms with van der Waals surface area (Å²) in [7, 11) is 0. The smallest absolute Gasteiger partial charge is 0.153 e. The highest BCUT2D eigenvalue weighted by Crippen LogP contribution is 2.22. The van der Waals surface area contributed by atoms with Crippen LogP contribution < -0.4 is 4.74 Å². The number of pyridine rings is 1. The van der Waals surface area contributed by atoms with Crippen molar-refractivity contribution in [2.24, 2.45) is 0 Å². The molecule has 0 N–H and O–H groups in total. The average molecular weight is 245 g/mol. The third-order valence-corrected chi connectivity index (χ3v) is 2.41. The lowest BCUT2D eigenvalue weighted by atomic mass is 10.1. The quantitative estimate of drug-likeness (QED) is 0.764. The second kappa shape index (κ2) is 7.43. The number of ether oxygens (including phenoxy) is 1. The van der Waals surface area contributed by atoms with E-state index in [9.17, 15) is 4.79 Å². The number of aromatic nitrogens is 1. The minimum atomic E-state index is 0.617. The van der Waals surface area contributed by atoms with Crippen LogP contribution >= 0.6 is 0 Å². The number of aryl methyl sites for hydroxylation is 1. The van der Waals surface area contributed by atoms with Crippen LogP contribution in [0.3, 0.4) is 0 Å². The molecule has 1 aliphatic carbocycles. The standard InChI is InChI=1S/C13H13NO2.C2H6/c1-10-6-7-12(8-14-10)16-13-5-3-2-4-11(13)9-15;1-2/h2,4,6-9H,3,5H2,1H3;1-2H3. The molecule has 1 aromatic rings. The monoisotopic (exact) mass is 245 g/mol. The Morgan fingerprint density at radius 2 is 2.11 bits per heavy atom. The van der Waals surface area contributed by atoms with Crippen molar-refractivity contribution in [3.63, 3.8) is 0 Å². The van der Waals surface area contributed by atoms with Gasteiger partial charge >= 0.3 is 0 Å². The van der Waals surface area contributed by atoms with E-state index in [0.29, 0.717) is 11.3 Å². The molecule has 3 heteroatoms. The number of allylic oxidation sites excluding steroid dienone is 4. The summed E-state index contributed by atoms with van der Waals surface area (Å²) in [6, 6.07) is 3.74. The normalized spacial score (nSPS) is 13.7. The average Bonchev–Trinajstić information content (AvgIpc) is 2.44. The number of rotatable bonds is 3. The summed E-state index contributed by atoms with van der Waals surface area (Å²) < 4.78 is 5.65. The minimum absolute atomic E-state index is 0.617. The van der Waals surface area contributed by atoms with Gasteiger partial charge < -0.3 is 4.74 Å². The van der Waals surface area contributed by atoms with E-state index in [1.807, 2.05) is 39.0 Å². The fourth-order valence-electron chi connectivity index (χ4n) is 1.53. The minimum Gasteiger partial charge on any atom is -0.459 e. The number of aldehydes is 1. The molecule has 0 spiro atoms. The van der Waals surface area contributed by atoms with Gasteiger partial charge in [0.1, 0.15) is 11.5 Å². The zero-order chi connectivity index (χ0) is 13.4. The molecule has 18 heavy (non-hydrogen) atoms. The van der Waals surface area contributed by atoms with Crippen molar-refractivity contribution in [1.82, 2.24) is 4.98 Å². The van der Waals surface area contributed by atoms with Crippen molar-refractivity contribution in [2.75, 3.05) is 0 Å². The Morgan fingerprint density at radius 3 is 2.72 bits per heavy atom. The zero-order valence-electron chi connectivity index (χ0n) is 11.1. The lowest BCUT2D eigenvalue weighted by Crippen LogP contribution is -2.03. The Kier molecular flexibility index (Phi) is 5.85. The topological polar surface area (TPSA) is 39.2 Å². The van der Waals surface area contributed by atoms with Crippen LogP contribution in [0, 0.1) is 6.92 Å². The summed E-state index contributed by atoms with van der Waals surface area (Å²) in [6.45, 7) is 5.92. The van der Waals surface area contributed by atoms with Gasteiger partial charge in [-0.25, -0.2) is 0 Å². The van der Waals surface area contributed by atoms with Crippen LogP contribution in [0.4, 0.5) is 0 Å². The van der Waals surface area contributed by atoms with Crippen LogP contribution in [0.5, 0.6) is 5.75 Å². The van der Waals surface area contributed by atoms with Gasteiger partial charge in [0.2, 0.25) is 0 Å². The lowest BCUT2D eigenvalue weighted by molar-refractivity contribution is -0.104. The van der Waals surface area contributed by atoms with Gasteiger partial charge in [-0.3, -0.25) is 9.78 Å². The molecule has 96 valence electrons. The number of carbonyl (C=O) groups excluding carboxylic acids is 1. The number of nitrogens with zero attached hydrogens (tertiary/aromatic N) is 1. The first-order valence-electron chi connectivity index (χ1n) is 6.25. The van der Waals surface area contributed by atoms with Gasteiger partial charge in [-0.15, -0.1) is 0 Å². The van der Waals surface area contributed by atoms with Gasteiger partial charge in [0.25, 0.3) is 0 Å². The van der Waals surface area contributed by atoms with E-state index < -0.39 is 0 Å². The molecule has 3 nitrogen and oxygen atoms in total. The van der Waals surface area contributed by atoms with E-state index in [0.717, 1.165) is 30.6 Å². The highest BCUT2D eigenvalue weighted by molar-refractivity contribution is 5.78. The first-order valence-corrected chi connectivity index (χ1v) is 6.25. The van der Waals surface area contributed by atoms with Gasteiger partial charge in [0.15, 0.2) is 6.29 Å². The van der Waals surface area contributed by atoms with Crippen LogP contribution in [-0.2, 0) is 4.79 Å². The Hall–Kier alpha value is -1.90. The first-order chi connectivity index (χ1) is 8.79. The largest absolute Gasteiger partial charge is 0.459 e. The lowest BCUT2D eigenvalue weighted by Gasteiger charge is -2.13. The predicted molar refractivity (Wildman–Crippen MR) is 72.4 cm³/mol. The molecule has 0 unspecified atom stereocenters. The summed E-state index contributed by atoms with van der Waals surface area (Å²) in [5.41, 5.74) is 1.56. The summed E-state index contributed by atoms with van der Waals surface area (Å²) in [5.74, 6) is 1.40. The first kappa shape index (κ1) is 14.2. The second-order valence-corrected chi connectivity index (χ2v) is 3.67. The molecule has 0 amide bonds. The Morgan fingerprint density at radius 1 is 1.33 bits per heavy atom. The van der Waals surface area contributed by atoms with Crippen molar-refractivity contribution in [3.8, 4) is 5.75 Å². The zero-order valence-corrected chi connectivity index (χ0v) is 11.1. The Bertz CT molecular complexity index is 444. The molecule has 0 aromatic carbocycles. The number of carbonyl (C=O) groups is 1. The predicted octanol–water partition coefficient (Wildman–Crippen LogP) is 3.60. The molecular formula is C15H19NO2. The fraction of sp³-hybridized carbons (Fsp3) is 0.333. The Labute approximate surface area is 108 Å². The van der Waals surface area contributed by atoms with Crippen LogP contribution in [-0.4, -0.2) is 11.3 Å². The maximum Gasteiger partial charge on any atom is 0.153 e. The van der Waals surface area contributed by atoms with E-state index >= 15 is 0 Å². The third kappa shape index (κ3) is 3.84. The summed E-state index contributed by atoms with van der Waals surface area (Å²) in [6.07, 6.45) is 7.94. The van der Waals surface area contributed by atoms with E-state index in [1.54, 1.807) is 12.3 Å². The van der Waals surface area contributed by atoms with Gasteiger partial charge in [-0.2, -0.15) is 0 Å². The number of hydrogen-bond acceptors (Lipinski definition) is 3. The van der Waals surface area contributed by atoms with Crippen LogP contribution in [0.2, 0.25) is 0 Å². The fourth-order valence-corrected chi connectivity index (χ4v) is 1.53. The molecule has 0 bridgehead atoms. The van der Waals surface area contributed by atoms with E-state index in [-0.39, 0.29) is 0 Å². The molecule has 1 heterocycles. The van der Waals surface area contributed by atoms with E-state index in [2.05, 4.69) is 4.98 Å². The van der Waals surface area contributed by atoms with Gasteiger partial charge in [-0.1, -0.05) is 26.0 Å². The Balaban J connectivity index is 0.000000771.